The molecular weight excluding hydrogens is 316 g/mol. The van der Waals surface area contributed by atoms with E-state index in [1.54, 1.807) is 18.4 Å². The molecule has 1 saturated heterocycles. The van der Waals surface area contributed by atoms with Crippen LogP contribution < -0.4 is 0 Å². The lowest BCUT2D eigenvalue weighted by Gasteiger charge is -2.37. The number of carboxylic acid groups (broad SMARTS) is 2. The molecule has 0 radical (unpaired) electrons. The first kappa shape index (κ1) is 18.0. The summed E-state index contributed by atoms with van der Waals surface area (Å²) in [7, 11) is 0. The Morgan fingerprint density at radius 3 is 2.04 bits per heavy atom. The number of aliphatic carboxylic acids is 2. The topological polar surface area (TPSA) is 111 Å². The monoisotopic (exact) mass is 338 g/mol. The minimum atomic E-state index is -1.82. The maximum Gasteiger partial charge on any atom is 0.414 e. The average molecular weight is 338 g/mol. The zero-order chi connectivity index (χ0) is 17.5. The minimum absolute atomic E-state index is 0.0334. The van der Waals surface area contributed by atoms with Crippen LogP contribution in [-0.2, 0) is 9.59 Å². The first-order chi connectivity index (χ1) is 11.5. The summed E-state index contributed by atoms with van der Waals surface area (Å²) in [6.45, 7) is 3.68. The van der Waals surface area contributed by atoms with Crippen LogP contribution in [0.5, 0.6) is 0 Å². The SMILES string of the molecule is O=C(O)C(=O)O.O=C(c1ccco1)N1CCN(C2CCCC2)CC1. The fourth-order valence-electron chi connectivity index (χ4n) is 3.12. The maximum atomic E-state index is 12.1. The van der Waals surface area contributed by atoms with E-state index >= 15 is 0 Å². The number of piperazine rings is 1. The number of nitrogens with zero attached hydrogens (tertiary/aromatic N) is 2. The van der Waals surface area contributed by atoms with Crippen molar-refractivity contribution in [3.8, 4) is 0 Å². The summed E-state index contributed by atoms with van der Waals surface area (Å²) in [5.41, 5.74) is 0. The van der Waals surface area contributed by atoms with E-state index in [1.165, 1.54) is 25.7 Å². The summed E-state index contributed by atoms with van der Waals surface area (Å²) in [4.78, 5) is 34.8. The molecule has 1 saturated carbocycles. The van der Waals surface area contributed by atoms with Crippen LogP contribution in [0.25, 0.3) is 0 Å². The number of amides is 1. The third-order valence-corrected chi connectivity index (χ3v) is 4.36. The predicted molar refractivity (Wildman–Crippen MR) is 83.7 cm³/mol. The molecule has 8 nitrogen and oxygen atoms in total. The molecule has 1 aromatic heterocycles. The highest BCUT2D eigenvalue weighted by molar-refractivity contribution is 6.27. The predicted octanol–water partition coefficient (Wildman–Crippen LogP) is 1.14. The molecule has 3 rings (SSSR count). The van der Waals surface area contributed by atoms with Gasteiger partial charge in [-0.15, -0.1) is 0 Å². The van der Waals surface area contributed by atoms with E-state index in [0.29, 0.717) is 5.76 Å². The number of carbonyl (C=O) groups is 3. The Balaban J connectivity index is 0.000000301. The molecule has 132 valence electrons. The molecular formula is C16H22N2O6. The molecule has 0 bridgehead atoms. The maximum absolute atomic E-state index is 12.1. The van der Waals surface area contributed by atoms with Gasteiger partial charge in [0.2, 0.25) is 0 Å². The van der Waals surface area contributed by atoms with Crippen LogP contribution in [-0.4, -0.2) is 70.1 Å². The molecule has 2 fully saturated rings. The van der Waals surface area contributed by atoms with E-state index in [0.717, 1.165) is 32.2 Å². The molecule has 24 heavy (non-hydrogen) atoms. The van der Waals surface area contributed by atoms with Gasteiger partial charge in [0.05, 0.1) is 6.26 Å². The van der Waals surface area contributed by atoms with Gasteiger partial charge in [-0.1, -0.05) is 12.8 Å². The molecule has 2 N–H and O–H groups in total. The lowest BCUT2D eigenvalue weighted by Crippen LogP contribution is -2.51. The Morgan fingerprint density at radius 1 is 1.00 bits per heavy atom. The normalized spacial score (nSPS) is 18.8. The standard InChI is InChI=1S/C14H20N2O2.C2H2O4/c17-14(13-6-3-11-18-13)16-9-7-15(8-10-16)12-4-1-2-5-12;3-1(4)2(5)6/h3,6,11-12H,1-2,4-5,7-10H2;(H,3,4)(H,5,6). The number of hydrogen-bond acceptors (Lipinski definition) is 5. The molecule has 2 heterocycles. The van der Waals surface area contributed by atoms with Crippen LogP contribution in [0.15, 0.2) is 22.8 Å². The average Bonchev–Trinajstić information content (AvgIpc) is 3.28. The number of carboxylic acids is 2. The number of rotatable bonds is 2. The fourth-order valence-corrected chi connectivity index (χ4v) is 3.12. The second-order valence-corrected chi connectivity index (χ2v) is 5.85. The van der Waals surface area contributed by atoms with Gasteiger partial charge in [-0.3, -0.25) is 9.69 Å². The Kier molecular flexibility index (Phi) is 6.36. The van der Waals surface area contributed by atoms with Gasteiger partial charge in [0.1, 0.15) is 0 Å². The van der Waals surface area contributed by atoms with Gasteiger partial charge < -0.3 is 19.5 Å². The Bertz CT molecular complexity index is 545. The molecule has 0 atom stereocenters. The van der Waals surface area contributed by atoms with Crippen molar-refractivity contribution in [1.82, 2.24) is 9.80 Å². The second kappa shape index (κ2) is 8.49. The number of carbonyl (C=O) groups excluding carboxylic acids is 1. The first-order valence-corrected chi connectivity index (χ1v) is 8.02. The molecule has 1 aromatic rings. The van der Waals surface area contributed by atoms with Crippen molar-refractivity contribution >= 4 is 17.8 Å². The zero-order valence-electron chi connectivity index (χ0n) is 13.4. The summed E-state index contributed by atoms with van der Waals surface area (Å²) in [5, 5.41) is 14.8. The molecule has 1 amide bonds. The second-order valence-electron chi connectivity index (χ2n) is 5.85. The van der Waals surface area contributed by atoms with E-state index in [-0.39, 0.29) is 5.91 Å². The van der Waals surface area contributed by atoms with Crippen molar-refractivity contribution in [3.63, 3.8) is 0 Å². The van der Waals surface area contributed by atoms with Gasteiger partial charge in [0.15, 0.2) is 5.76 Å². The van der Waals surface area contributed by atoms with E-state index in [9.17, 15) is 4.79 Å². The van der Waals surface area contributed by atoms with E-state index in [1.807, 2.05) is 4.90 Å². The summed E-state index contributed by atoms with van der Waals surface area (Å²) in [6.07, 6.45) is 6.98. The summed E-state index contributed by atoms with van der Waals surface area (Å²) >= 11 is 0. The molecule has 0 spiro atoms. The Morgan fingerprint density at radius 2 is 1.58 bits per heavy atom. The van der Waals surface area contributed by atoms with Crippen molar-refractivity contribution in [2.24, 2.45) is 0 Å². The van der Waals surface area contributed by atoms with Crippen molar-refractivity contribution in [1.29, 1.82) is 0 Å². The van der Waals surface area contributed by atoms with Gasteiger partial charge in [-0.05, 0) is 25.0 Å². The Labute approximate surface area is 139 Å². The number of hydrogen-bond donors (Lipinski definition) is 2. The largest absolute Gasteiger partial charge is 0.473 e. The van der Waals surface area contributed by atoms with Gasteiger partial charge in [-0.2, -0.15) is 0 Å². The summed E-state index contributed by atoms with van der Waals surface area (Å²) in [5.74, 6) is -3.15. The first-order valence-electron chi connectivity index (χ1n) is 8.02. The van der Waals surface area contributed by atoms with Crippen LogP contribution in [0.3, 0.4) is 0 Å². The minimum Gasteiger partial charge on any atom is -0.473 e. The molecule has 8 heteroatoms. The summed E-state index contributed by atoms with van der Waals surface area (Å²) < 4.78 is 5.17. The third kappa shape index (κ3) is 4.82. The van der Waals surface area contributed by atoms with Gasteiger partial charge in [-0.25, -0.2) is 9.59 Å². The smallest absolute Gasteiger partial charge is 0.414 e. The van der Waals surface area contributed by atoms with Crippen LogP contribution >= 0.6 is 0 Å². The molecule has 1 aliphatic heterocycles. The highest BCUT2D eigenvalue weighted by atomic mass is 16.4. The van der Waals surface area contributed by atoms with Crippen molar-refractivity contribution < 1.29 is 29.0 Å². The molecule has 1 aliphatic carbocycles. The van der Waals surface area contributed by atoms with E-state index in [2.05, 4.69) is 4.90 Å². The van der Waals surface area contributed by atoms with E-state index < -0.39 is 11.9 Å². The van der Waals surface area contributed by atoms with Crippen molar-refractivity contribution in [3.05, 3.63) is 24.2 Å². The lowest BCUT2D eigenvalue weighted by atomic mass is 10.2. The molecule has 0 unspecified atom stereocenters. The van der Waals surface area contributed by atoms with Gasteiger partial charge in [0, 0.05) is 32.2 Å². The van der Waals surface area contributed by atoms with Crippen LogP contribution in [0, 0.1) is 0 Å². The highest BCUT2D eigenvalue weighted by Crippen LogP contribution is 2.24. The van der Waals surface area contributed by atoms with Crippen LogP contribution in [0.1, 0.15) is 36.2 Å². The van der Waals surface area contributed by atoms with Crippen molar-refractivity contribution in [2.75, 3.05) is 26.2 Å². The lowest BCUT2D eigenvalue weighted by molar-refractivity contribution is -0.159. The zero-order valence-corrected chi connectivity index (χ0v) is 13.4. The third-order valence-electron chi connectivity index (χ3n) is 4.36. The number of furan rings is 1. The van der Waals surface area contributed by atoms with Gasteiger partial charge >= 0.3 is 11.9 Å². The Hall–Kier alpha value is -2.35. The quantitative estimate of drug-likeness (QED) is 0.778. The fraction of sp³-hybridized carbons (Fsp3) is 0.562. The van der Waals surface area contributed by atoms with Crippen LogP contribution in [0.4, 0.5) is 0 Å². The highest BCUT2D eigenvalue weighted by Gasteiger charge is 2.28. The van der Waals surface area contributed by atoms with E-state index in [4.69, 9.17) is 24.2 Å². The van der Waals surface area contributed by atoms with Crippen LogP contribution in [0.2, 0.25) is 0 Å². The summed E-state index contributed by atoms with van der Waals surface area (Å²) in [6, 6.07) is 4.28. The molecule has 0 aromatic carbocycles. The van der Waals surface area contributed by atoms with Crippen molar-refractivity contribution in [2.45, 2.75) is 31.7 Å². The van der Waals surface area contributed by atoms with Gasteiger partial charge in [0.25, 0.3) is 5.91 Å². The molecule has 2 aliphatic rings.